The zero-order valence-corrected chi connectivity index (χ0v) is 35.5. The van der Waals surface area contributed by atoms with Crippen molar-refractivity contribution in [2.45, 2.75) is 18.6 Å². The van der Waals surface area contributed by atoms with Crippen molar-refractivity contribution in [3.05, 3.63) is 134 Å². The summed E-state index contributed by atoms with van der Waals surface area (Å²) >= 11 is 3.09. The molecule has 0 aliphatic rings. The fourth-order valence-corrected chi connectivity index (χ4v) is 7.09. The van der Waals surface area contributed by atoms with Crippen LogP contribution in [0.1, 0.15) is 6.42 Å². The average molecular weight is 873 g/mol. The number of esters is 1. The Hall–Kier alpha value is -5.90. The van der Waals surface area contributed by atoms with Crippen molar-refractivity contribution in [3.63, 3.8) is 0 Å². The zero-order chi connectivity index (χ0) is 43.5. The van der Waals surface area contributed by atoms with E-state index < -0.39 is 36.3 Å². The number of nitrogens with one attached hydrogen (secondary N) is 2. The topological polar surface area (TPSA) is 168 Å². The van der Waals surface area contributed by atoms with Crippen LogP contribution in [0, 0.1) is 0 Å². The van der Waals surface area contributed by atoms with E-state index in [0.717, 1.165) is 28.3 Å². The van der Waals surface area contributed by atoms with Crippen molar-refractivity contribution in [2.75, 3.05) is 69.1 Å². The Balaban J connectivity index is 1.23. The lowest BCUT2D eigenvalue weighted by Gasteiger charge is -2.20. The smallest absolute Gasteiger partial charge is 0.407 e. The summed E-state index contributed by atoms with van der Waals surface area (Å²) in [7, 11) is 0. The number of carbonyl (C=O) groups excluding carboxylic acids is 3. The molecule has 0 radical (unpaired) electrons. The predicted octanol–water partition coefficient (Wildman–Crippen LogP) is 7.91. The van der Waals surface area contributed by atoms with Crippen LogP contribution >= 0.6 is 23.5 Å². The second kappa shape index (κ2) is 27.8. The van der Waals surface area contributed by atoms with Crippen LogP contribution in [0.25, 0.3) is 22.3 Å². The summed E-state index contributed by atoms with van der Waals surface area (Å²) in [5.74, 6) is 1.70. The van der Waals surface area contributed by atoms with Gasteiger partial charge in [0, 0.05) is 52.3 Å². The summed E-state index contributed by atoms with van der Waals surface area (Å²) in [6.07, 6.45) is -1.44. The van der Waals surface area contributed by atoms with Crippen LogP contribution in [-0.4, -0.2) is 111 Å². The summed E-state index contributed by atoms with van der Waals surface area (Å²) in [5.41, 5.74) is 3.79. The van der Waals surface area contributed by atoms with E-state index in [4.69, 9.17) is 33.5 Å². The summed E-state index contributed by atoms with van der Waals surface area (Å²) < 4.78 is 34.6. The number of thioether (sulfide) groups is 2. The third-order valence-corrected chi connectivity index (χ3v) is 10.6. The average Bonchev–Trinajstić information content (AvgIpc) is 3.28. The lowest BCUT2D eigenvalue weighted by atomic mass is 10.1. The second-order valence-corrected chi connectivity index (χ2v) is 15.3. The molecule has 0 fully saturated rings. The first kappa shape index (κ1) is 47.8. The molecule has 3 N–H and O–H groups in total. The molecule has 4 rings (SSSR count). The molecular weight excluding hydrogens is 821 g/mol. The summed E-state index contributed by atoms with van der Waals surface area (Å²) in [6.45, 7) is 8.04. The number of carboxylic acids is 1. The maximum atomic E-state index is 12.7. The third-order valence-electron chi connectivity index (χ3n) is 8.47. The number of carboxylic acid groups (broad SMARTS) is 1. The van der Waals surface area contributed by atoms with Crippen molar-refractivity contribution in [3.8, 4) is 33.8 Å². The monoisotopic (exact) mass is 872 g/mol. The standard InChI is InChI=1S/C46H52N2O11S2/c1-3-43(49)55-25-24-48-46(53)59-38(31-57-42-21-13-11-19-40(42)36-16-8-5-9-17-36)33-61-29-27-54-26-28-60-32-37(58-45(52)47-23-22-34(2)44(50)51)30-56-41-20-12-10-18-39(41)35-14-6-4-7-15-35/h3-21,37-38H,1-2,22-33H2,(H,47,52)(H,48,53)(H,50,51). The van der Waals surface area contributed by atoms with Gasteiger partial charge in [-0.15, -0.1) is 0 Å². The highest BCUT2D eigenvalue weighted by atomic mass is 32.2. The number of ether oxygens (including phenoxy) is 6. The minimum absolute atomic E-state index is 0.0145. The zero-order valence-electron chi connectivity index (χ0n) is 33.9. The molecule has 0 aliphatic heterocycles. The number of para-hydroxylation sites is 2. The molecule has 0 heterocycles. The minimum atomic E-state index is -1.12. The molecule has 0 bridgehead atoms. The van der Waals surface area contributed by atoms with E-state index in [0.29, 0.717) is 47.7 Å². The van der Waals surface area contributed by atoms with E-state index in [1.165, 1.54) is 11.8 Å². The Morgan fingerprint density at radius 2 is 1.10 bits per heavy atom. The lowest BCUT2D eigenvalue weighted by molar-refractivity contribution is -0.137. The van der Waals surface area contributed by atoms with Crippen molar-refractivity contribution in [1.29, 1.82) is 0 Å². The first-order valence-corrected chi connectivity index (χ1v) is 21.9. The normalized spacial score (nSPS) is 11.6. The molecule has 0 aliphatic carbocycles. The van der Waals surface area contributed by atoms with Crippen LogP contribution in [0.2, 0.25) is 0 Å². The molecule has 13 nitrogen and oxygen atoms in total. The molecule has 15 heteroatoms. The van der Waals surface area contributed by atoms with E-state index in [1.807, 2.05) is 109 Å². The van der Waals surface area contributed by atoms with Crippen LogP contribution < -0.4 is 20.1 Å². The fourth-order valence-electron chi connectivity index (χ4n) is 5.43. The quantitative estimate of drug-likeness (QED) is 0.0218. The van der Waals surface area contributed by atoms with Crippen molar-refractivity contribution in [1.82, 2.24) is 10.6 Å². The van der Waals surface area contributed by atoms with Gasteiger partial charge in [0.1, 0.15) is 43.5 Å². The molecule has 0 spiro atoms. The van der Waals surface area contributed by atoms with Gasteiger partial charge in [-0.1, -0.05) is 110 Å². The highest BCUT2D eigenvalue weighted by Gasteiger charge is 2.19. The van der Waals surface area contributed by atoms with Crippen LogP contribution in [0.5, 0.6) is 11.5 Å². The van der Waals surface area contributed by atoms with Gasteiger partial charge in [-0.3, -0.25) is 0 Å². The molecule has 4 aromatic rings. The van der Waals surface area contributed by atoms with Gasteiger partial charge in [0.2, 0.25) is 0 Å². The number of alkyl carbamates (subject to hydrolysis) is 2. The van der Waals surface area contributed by atoms with E-state index >= 15 is 0 Å². The van der Waals surface area contributed by atoms with Gasteiger partial charge in [0.25, 0.3) is 0 Å². The third kappa shape index (κ3) is 18.5. The number of hydrogen-bond acceptors (Lipinski definition) is 12. The first-order chi connectivity index (χ1) is 29.7. The number of benzene rings is 4. The fraction of sp³-hybridized carbons (Fsp3) is 0.304. The van der Waals surface area contributed by atoms with Gasteiger partial charge in [0.05, 0.1) is 19.8 Å². The number of amides is 2. The summed E-state index contributed by atoms with van der Waals surface area (Å²) in [5, 5.41) is 14.2. The maximum Gasteiger partial charge on any atom is 0.407 e. The van der Waals surface area contributed by atoms with E-state index in [9.17, 15) is 19.2 Å². The van der Waals surface area contributed by atoms with E-state index in [1.54, 1.807) is 11.8 Å². The van der Waals surface area contributed by atoms with E-state index in [2.05, 4.69) is 23.8 Å². The lowest BCUT2D eigenvalue weighted by Crippen LogP contribution is -2.35. The molecule has 324 valence electrons. The van der Waals surface area contributed by atoms with Crippen LogP contribution in [-0.2, 0) is 28.5 Å². The summed E-state index contributed by atoms with van der Waals surface area (Å²) in [4.78, 5) is 47.7. The van der Waals surface area contributed by atoms with Gasteiger partial charge < -0.3 is 44.2 Å². The van der Waals surface area contributed by atoms with Crippen LogP contribution in [0.15, 0.2) is 134 Å². The number of rotatable bonds is 28. The number of hydrogen-bond donors (Lipinski definition) is 3. The van der Waals surface area contributed by atoms with Gasteiger partial charge in [-0.2, -0.15) is 23.5 Å². The number of aliphatic carboxylic acids is 1. The Morgan fingerprint density at radius 3 is 1.57 bits per heavy atom. The molecule has 0 saturated carbocycles. The van der Waals surface area contributed by atoms with Crippen LogP contribution in [0.4, 0.5) is 9.59 Å². The molecular formula is C46H52N2O11S2. The Morgan fingerprint density at radius 1 is 0.639 bits per heavy atom. The Bertz CT molecular complexity index is 1980. The summed E-state index contributed by atoms with van der Waals surface area (Å²) in [6, 6.07) is 35.0. The SMILES string of the molecule is C=CC(=O)OCCNC(=O)OC(COc1ccccc1-c1ccccc1)CSCCOCCSCC(COc1ccccc1-c1ccccc1)OC(=O)NCCC(=C)C(=O)O. The predicted molar refractivity (Wildman–Crippen MR) is 239 cm³/mol. The highest BCUT2D eigenvalue weighted by Crippen LogP contribution is 2.31. The van der Waals surface area contributed by atoms with Gasteiger partial charge in [-0.05, 0) is 29.7 Å². The van der Waals surface area contributed by atoms with Crippen molar-refractivity contribution >= 4 is 47.6 Å². The first-order valence-electron chi connectivity index (χ1n) is 19.6. The van der Waals surface area contributed by atoms with Crippen molar-refractivity contribution in [2.24, 2.45) is 0 Å². The number of carbonyl (C=O) groups is 4. The van der Waals surface area contributed by atoms with Gasteiger partial charge in [-0.25, -0.2) is 19.2 Å². The van der Waals surface area contributed by atoms with Crippen LogP contribution in [0.3, 0.4) is 0 Å². The maximum absolute atomic E-state index is 12.7. The second-order valence-electron chi connectivity index (χ2n) is 13.0. The highest BCUT2D eigenvalue weighted by molar-refractivity contribution is 7.99. The Kier molecular flexibility index (Phi) is 21.8. The molecule has 0 saturated heterocycles. The Labute approximate surface area is 365 Å². The minimum Gasteiger partial charge on any atom is -0.489 e. The molecule has 2 unspecified atom stereocenters. The molecule has 61 heavy (non-hydrogen) atoms. The van der Waals surface area contributed by atoms with Crippen molar-refractivity contribution < 1.29 is 52.7 Å². The molecule has 4 aromatic carbocycles. The molecule has 2 atom stereocenters. The molecule has 0 aromatic heterocycles. The van der Waals surface area contributed by atoms with Gasteiger partial charge >= 0.3 is 24.1 Å². The van der Waals surface area contributed by atoms with E-state index in [-0.39, 0.29) is 44.9 Å². The molecule has 2 amide bonds. The van der Waals surface area contributed by atoms with Gasteiger partial charge in [0.15, 0.2) is 0 Å². The largest absolute Gasteiger partial charge is 0.489 e.